The van der Waals surface area contributed by atoms with Gasteiger partial charge in [-0.2, -0.15) is 0 Å². The Labute approximate surface area is 152 Å². The maximum atomic E-state index is 11.5. The van der Waals surface area contributed by atoms with Crippen molar-refractivity contribution in [1.82, 2.24) is 0 Å². The molecule has 3 atom stereocenters. The summed E-state index contributed by atoms with van der Waals surface area (Å²) in [5.41, 5.74) is 0. The minimum absolute atomic E-state index is 0.294. The Kier molecular flexibility index (Phi) is 16.3. The van der Waals surface area contributed by atoms with Gasteiger partial charge in [-0.3, -0.25) is 4.79 Å². The lowest BCUT2D eigenvalue weighted by Crippen LogP contribution is -2.42. The smallest absolute Gasteiger partial charge is 0.305 e. The van der Waals surface area contributed by atoms with Crippen molar-refractivity contribution in [3.05, 3.63) is 0 Å². The number of ether oxygens (including phenoxy) is 1. The van der Waals surface area contributed by atoms with Crippen LogP contribution >= 0.6 is 0 Å². The summed E-state index contributed by atoms with van der Waals surface area (Å²) in [6.45, 7) is 1.18. The second kappa shape index (κ2) is 16.8. The molecule has 0 radical (unpaired) electrons. The molecule has 0 aliphatic rings. The molecule has 0 aromatic heterocycles. The van der Waals surface area contributed by atoms with Gasteiger partial charge in [-0.25, -0.2) is 0 Å². The molecular formula is C19H38O6. The molecule has 4 N–H and O–H groups in total. The number of carbonyl (C=O) groups is 1. The monoisotopic (exact) mass is 362 g/mol. The van der Waals surface area contributed by atoms with Crippen LogP contribution in [0.5, 0.6) is 0 Å². The summed E-state index contributed by atoms with van der Waals surface area (Å²) in [5, 5.41) is 36.8. The number of hydrogen-bond acceptors (Lipinski definition) is 6. The van der Waals surface area contributed by atoms with Crippen molar-refractivity contribution in [3.63, 3.8) is 0 Å². The van der Waals surface area contributed by atoms with Crippen LogP contribution in [-0.4, -0.2) is 57.9 Å². The third kappa shape index (κ3) is 14.2. The van der Waals surface area contributed by atoms with Gasteiger partial charge in [0.15, 0.2) is 0 Å². The van der Waals surface area contributed by atoms with Crippen molar-refractivity contribution in [1.29, 1.82) is 0 Å². The van der Waals surface area contributed by atoms with E-state index in [9.17, 15) is 20.1 Å². The van der Waals surface area contributed by atoms with Crippen LogP contribution in [0.2, 0.25) is 0 Å². The van der Waals surface area contributed by atoms with E-state index in [1.807, 2.05) is 0 Å². The van der Waals surface area contributed by atoms with Crippen molar-refractivity contribution in [3.8, 4) is 0 Å². The molecule has 0 saturated carbocycles. The van der Waals surface area contributed by atoms with E-state index >= 15 is 0 Å². The molecule has 0 heterocycles. The van der Waals surface area contributed by atoms with E-state index in [1.54, 1.807) is 0 Å². The first-order valence-electron chi connectivity index (χ1n) is 9.83. The highest BCUT2D eigenvalue weighted by atomic mass is 16.5. The zero-order chi connectivity index (χ0) is 18.9. The molecule has 25 heavy (non-hydrogen) atoms. The molecule has 0 bridgehead atoms. The van der Waals surface area contributed by atoms with Gasteiger partial charge < -0.3 is 25.2 Å². The summed E-state index contributed by atoms with van der Waals surface area (Å²) in [5.74, 6) is -0.416. The van der Waals surface area contributed by atoms with Crippen LogP contribution in [0.3, 0.4) is 0 Å². The number of rotatable bonds is 17. The van der Waals surface area contributed by atoms with Gasteiger partial charge in [0, 0.05) is 6.42 Å². The van der Waals surface area contributed by atoms with E-state index in [4.69, 9.17) is 9.84 Å². The van der Waals surface area contributed by atoms with Crippen LogP contribution in [0.25, 0.3) is 0 Å². The second-order valence-corrected chi connectivity index (χ2v) is 6.78. The predicted octanol–water partition coefficient (Wildman–Crippen LogP) is 2.31. The number of esters is 1. The van der Waals surface area contributed by atoms with Crippen molar-refractivity contribution in [2.45, 2.75) is 102 Å². The molecule has 150 valence electrons. The summed E-state index contributed by atoms with van der Waals surface area (Å²) in [6.07, 6.45) is 9.18. The quantitative estimate of drug-likeness (QED) is 0.234. The van der Waals surface area contributed by atoms with Gasteiger partial charge in [-0.05, 0) is 6.42 Å². The van der Waals surface area contributed by atoms with Gasteiger partial charge in [0.05, 0.1) is 6.61 Å². The van der Waals surface area contributed by atoms with Crippen LogP contribution in [0.1, 0.15) is 84.0 Å². The third-order valence-electron chi connectivity index (χ3n) is 4.38. The first kappa shape index (κ1) is 24.3. The molecule has 6 heteroatoms. The molecule has 0 fully saturated rings. The van der Waals surface area contributed by atoms with Crippen LogP contribution in [0, 0.1) is 0 Å². The van der Waals surface area contributed by atoms with E-state index in [1.165, 1.54) is 51.4 Å². The first-order valence-corrected chi connectivity index (χ1v) is 9.83. The molecule has 0 aromatic carbocycles. The van der Waals surface area contributed by atoms with Gasteiger partial charge in [-0.1, -0.05) is 71.1 Å². The fourth-order valence-corrected chi connectivity index (χ4v) is 2.65. The van der Waals surface area contributed by atoms with Gasteiger partial charge in [-0.15, -0.1) is 0 Å². The van der Waals surface area contributed by atoms with Crippen molar-refractivity contribution in [2.24, 2.45) is 0 Å². The fourth-order valence-electron chi connectivity index (χ4n) is 2.65. The van der Waals surface area contributed by atoms with Crippen LogP contribution in [0.4, 0.5) is 0 Å². The van der Waals surface area contributed by atoms with E-state index in [0.717, 1.165) is 19.3 Å². The van der Waals surface area contributed by atoms with E-state index in [0.29, 0.717) is 6.42 Å². The number of aliphatic hydroxyl groups is 4. The molecule has 0 rings (SSSR count). The predicted molar refractivity (Wildman–Crippen MR) is 97.1 cm³/mol. The molecule has 6 nitrogen and oxygen atoms in total. The average molecular weight is 363 g/mol. The summed E-state index contributed by atoms with van der Waals surface area (Å²) >= 11 is 0. The lowest BCUT2D eigenvalue weighted by Gasteiger charge is -2.21. The van der Waals surface area contributed by atoms with Crippen LogP contribution < -0.4 is 0 Å². The average Bonchev–Trinajstić information content (AvgIpc) is 2.62. The van der Waals surface area contributed by atoms with Gasteiger partial charge in [0.1, 0.15) is 24.9 Å². The topological polar surface area (TPSA) is 107 Å². The highest BCUT2D eigenvalue weighted by Gasteiger charge is 2.25. The molecule has 0 aliphatic carbocycles. The molecule has 0 amide bonds. The summed E-state index contributed by atoms with van der Waals surface area (Å²) in [4.78, 5) is 11.5. The summed E-state index contributed by atoms with van der Waals surface area (Å²) in [6, 6.07) is 0. The molecular weight excluding hydrogens is 324 g/mol. The maximum absolute atomic E-state index is 11.5. The van der Waals surface area contributed by atoms with Crippen molar-refractivity contribution < 1.29 is 30.0 Å². The van der Waals surface area contributed by atoms with E-state index < -0.39 is 30.9 Å². The summed E-state index contributed by atoms with van der Waals surface area (Å²) < 4.78 is 4.87. The largest absolute Gasteiger partial charge is 0.463 e. The second-order valence-electron chi connectivity index (χ2n) is 6.78. The minimum atomic E-state index is -1.53. The van der Waals surface area contributed by atoms with Gasteiger partial charge in [0.25, 0.3) is 0 Å². The molecule has 0 unspecified atom stereocenters. The first-order chi connectivity index (χ1) is 12.0. The highest BCUT2D eigenvalue weighted by Crippen LogP contribution is 2.12. The third-order valence-corrected chi connectivity index (χ3v) is 4.38. The van der Waals surface area contributed by atoms with Crippen LogP contribution in [0.15, 0.2) is 0 Å². The summed E-state index contributed by atoms with van der Waals surface area (Å²) in [7, 11) is 0. The van der Waals surface area contributed by atoms with E-state index in [2.05, 4.69) is 6.92 Å². The van der Waals surface area contributed by atoms with Gasteiger partial charge >= 0.3 is 5.97 Å². The molecule has 0 aromatic rings. The Bertz CT molecular complexity index is 310. The minimum Gasteiger partial charge on any atom is -0.463 e. The molecule has 0 aliphatic heterocycles. The lowest BCUT2D eigenvalue weighted by atomic mass is 10.1. The Morgan fingerprint density at radius 2 is 1.28 bits per heavy atom. The SMILES string of the molecule is CCCCCCCCCCCCCC(=O)OC[C@H](O)[C@@H](O)[C@H](O)CO. The van der Waals surface area contributed by atoms with Crippen molar-refractivity contribution in [2.75, 3.05) is 13.2 Å². The normalized spacial score (nSPS) is 14.9. The Morgan fingerprint density at radius 1 is 0.800 bits per heavy atom. The Balaban J connectivity index is 3.44. The zero-order valence-corrected chi connectivity index (χ0v) is 15.7. The number of unbranched alkanes of at least 4 members (excludes halogenated alkanes) is 10. The number of aliphatic hydroxyl groups excluding tert-OH is 4. The van der Waals surface area contributed by atoms with Crippen molar-refractivity contribution >= 4 is 5.97 Å². The molecule has 0 spiro atoms. The Morgan fingerprint density at radius 3 is 1.76 bits per heavy atom. The maximum Gasteiger partial charge on any atom is 0.305 e. The van der Waals surface area contributed by atoms with Gasteiger partial charge in [0.2, 0.25) is 0 Å². The molecule has 0 saturated heterocycles. The fraction of sp³-hybridized carbons (Fsp3) is 0.947. The standard InChI is InChI=1S/C19H38O6/c1-2-3-4-5-6-7-8-9-10-11-12-13-18(23)25-15-17(22)19(24)16(21)14-20/h16-17,19-22,24H,2-15H2,1H3/t16-,17+,19+/m1/s1. The number of hydrogen-bond donors (Lipinski definition) is 4. The number of carbonyl (C=O) groups excluding carboxylic acids is 1. The van der Waals surface area contributed by atoms with E-state index in [-0.39, 0.29) is 6.61 Å². The zero-order valence-electron chi connectivity index (χ0n) is 15.7. The highest BCUT2D eigenvalue weighted by molar-refractivity contribution is 5.69. The Hall–Kier alpha value is -0.690. The lowest BCUT2D eigenvalue weighted by molar-refractivity contribution is -0.152. The van der Waals surface area contributed by atoms with Crippen LogP contribution in [-0.2, 0) is 9.53 Å².